The molecule has 0 saturated heterocycles. The van der Waals surface area contributed by atoms with Gasteiger partial charge in [0.25, 0.3) is 0 Å². The van der Waals surface area contributed by atoms with Gasteiger partial charge in [-0.25, -0.2) is 5.43 Å². The Bertz CT molecular complexity index is 320. The van der Waals surface area contributed by atoms with Crippen LogP contribution in [0.4, 0.5) is 0 Å². The molecular formula is C13H23N3O2. The monoisotopic (exact) mass is 253 g/mol. The summed E-state index contributed by atoms with van der Waals surface area (Å²) in [5.41, 5.74) is 3.15. The summed E-state index contributed by atoms with van der Waals surface area (Å²) in [4.78, 5) is 23.0. The van der Waals surface area contributed by atoms with E-state index in [0.717, 1.165) is 50.7 Å². The molecule has 0 heterocycles. The van der Waals surface area contributed by atoms with Gasteiger partial charge in [0.1, 0.15) is 0 Å². The first-order valence-electron chi connectivity index (χ1n) is 6.77. The van der Waals surface area contributed by atoms with Crippen LogP contribution < -0.4 is 10.7 Å². The van der Waals surface area contributed by atoms with Crippen molar-refractivity contribution in [2.45, 2.75) is 64.8 Å². The van der Waals surface area contributed by atoms with Crippen molar-refractivity contribution in [1.29, 1.82) is 0 Å². The maximum absolute atomic E-state index is 11.5. The number of unbranched alkanes of at least 4 members (excludes halogenated alkanes) is 1. The Hall–Kier alpha value is -1.39. The molecule has 1 aliphatic carbocycles. The van der Waals surface area contributed by atoms with Crippen LogP contribution in [0.2, 0.25) is 0 Å². The number of nitrogens with one attached hydrogen (secondary N) is 2. The molecule has 18 heavy (non-hydrogen) atoms. The van der Waals surface area contributed by atoms with Gasteiger partial charge in [-0.15, -0.1) is 0 Å². The van der Waals surface area contributed by atoms with Crippen LogP contribution in [0.3, 0.4) is 0 Å². The fourth-order valence-corrected chi connectivity index (χ4v) is 2.01. The van der Waals surface area contributed by atoms with Crippen molar-refractivity contribution in [3.63, 3.8) is 0 Å². The van der Waals surface area contributed by atoms with Crippen molar-refractivity contribution < 1.29 is 9.59 Å². The van der Waals surface area contributed by atoms with Crippen LogP contribution in [0.5, 0.6) is 0 Å². The first-order valence-corrected chi connectivity index (χ1v) is 6.77. The van der Waals surface area contributed by atoms with E-state index in [1.165, 1.54) is 0 Å². The van der Waals surface area contributed by atoms with Gasteiger partial charge in [-0.3, -0.25) is 9.59 Å². The molecule has 1 rings (SSSR count). The summed E-state index contributed by atoms with van der Waals surface area (Å²) in [7, 11) is 0. The van der Waals surface area contributed by atoms with Crippen LogP contribution in [0.1, 0.15) is 58.8 Å². The molecule has 2 amide bonds. The molecule has 0 aromatic rings. The molecule has 2 N–H and O–H groups in total. The van der Waals surface area contributed by atoms with Gasteiger partial charge < -0.3 is 5.32 Å². The first kappa shape index (κ1) is 14.7. The SMILES string of the molecule is CCCC/C(C)=N\NC(=O)C(=O)NC1CCCC1. The lowest BCUT2D eigenvalue weighted by Crippen LogP contribution is -2.42. The van der Waals surface area contributed by atoms with Crippen molar-refractivity contribution in [2.75, 3.05) is 0 Å². The van der Waals surface area contributed by atoms with Gasteiger partial charge in [0.15, 0.2) is 0 Å². The van der Waals surface area contributed by atoms with E-state index < -0.39 is 11.8 Å². The molecule has 0 aliphatic heterocycles. The van der Waals surface area contributed by atoms with Gasteiger partial charge in [0.2, 0.25) is 0 Å². The fourth-order valence-electron chi connectivity index (χ4n) is 2.01. The third-order valence-electron chi connectivity index (χ3n) is 3.14. The van der Waals surface area contributed by atoms with E-state index >= 15 is 0 Å². The molecular weight excluding hydrogens is 230 g/mol. The molecule has 0 aromatic carbocycles. The fraction of sp³-hybridized carbons (Fsp3) is 0.769. The van der Waals surface area contributed by atoms with Crippen LogP contribution in [0.25, 0.3) is 0 Å². The smallest absolute Gasteiger partial charge is 0.329 e. The van der Waals surface area contributed by atoms with Gasteiger partial charge in [0, 0.05) is 11.8 Å². The lowest BCUT2D eigenvalue weighted by molar-refractivity contribution is -0.139. The van der Waals surface area contributed by atoms with E-state index in [4.69, 9.17) is 0 Å². The largest absolute Gasteiger partial charge is 0.345 e. The Morgan fingerprint density at radius 2 is 1.89 bits per heavy atom. The molecule has 1 fully saturated rings. The predicted molar refractivity (Wildman–Crippen MR) is 71.2 cm³/mol. The Morgan fingerprint density at radius 1 is 1.22 bits per heavy atom. The Kier molecular flexibility index (Phi) is 6.39. The molecule has 102 valence electrons. The summed E-state index contributed by atoms with van der Waals surface area (Å²) in [6.45, 7) is 3.95. The van der Waals surface area contributed by atoms with Crippen LogP contribution in [-0.4, -0.2) is 23.6 Å². The normalized spacial score (nSPS) is 16.7. The molecule has 0 aromatic heterocycles. The van der Waals surface area contributed by atoms with Crippen molar-refractivity contribution in [1.82, 2.24) is 10.7 Å². The summed E-state index contributed by atoms with van der Waals surface area (Å²) in [5.74, 6) is -1.24. The minimum atomic E-state index is -0.669. The van der Waals surface area contributed by atoms with Gasteiger partial charge in [-0.1, -0.05) is 26.2 Å². The lowest BCUT2D eigenvalue weighted by atomic mass is 10.2. The Labute approximate surface area is 108 Å². The summed E-state index contributed by atoms with van der Waals surface area (Å²) >= 11 is 0. The van der Waals surface area contributed by atoms with E-state index in [1.807, 2.05) is 6.92 Å². The molecule has 0 unspecified atom stereocenters. The van der Waals surface area contributed by atoms with Gasteiger partial charge in [-0.2, -0.15) is 5.10 Å². The van der Waals surface area contributed by atoms with Crippen molar-refractivity contribution in [3.8, 4) is 0 Å². The van der Waals surface area contributed by atoms with Crippen LogP contribution in [-0.2, 0) is 9.59 Å². The second-order valence-electron chi connectivity index (χ2n) is 4.85. The van der Waals surface area contributed by atoms with Crippen LogP contribution >= 0.6 is 0 Å². The molecule has 1 aliphatic rings. The van der Waals surface area contributed by atoms with Crippen LogP contribution in [0.15, 0.2) is 5.10 Å². The zero-order valence-electron chi connectivity index (χ0n) is 11.3. The third-order valence-corrected chi connectivity index (χ3v) is 3.14. The van der Waals surface area contributed by atoms with E-state index in [2.05, 4.69) is 22.8 Å². The topological polar surface area (TPSA) is 70.6 Å². The highest BCUT2D eigenvalue weighted by Crippen LogP contribution is 2.17. The molecule has 5 heteroatoms. The quantitative estimate of drug-likeness (QED) is 0.445. The zero-order chi connectivity index (χ0) is 13.4. The first-order chi connectivity index (χ1) is 8.63. The number of nitrogens with zero attached hydrogens (tertiary/aromatic N) is 1. The molecule has 0 radical (unpaired) electrons. The van der Waals surface area contributed by atoms with E-state index in [1.54, 1.807) is 0 Å². The van der Waals surface area contributed by atoms with Crippen molar-refractivity contribution in [2.24, 2.45) is 5.10 Å². The standard InChI is InChI=1S/C13H23N3O2/c1-3-4-7-10(2)15-16-13(18)12(17)14-11-8-5-6-9-11/h11H,3-9H2,1-2H3,(H,14,17)(H,16,18)/b15-10-. The summed E-state index contributed by atoms with van der Waals surface area (Å²) in [6, 6.07) is 0.161. The summed E-state index contributed by atoms with van der Waals surface area (Å²) in [6.07, 6.45) is 7.17. The average molecular weight is 253 g/mol. The summed E-state index contributed by atoms with van der Waals surface area (Å²) < 4.78 is 0. The lowest BCUT2D eigenvalue weighted by Gasteiger charge is -2.10. The second-order valence-corrected chi connectivity index (χ2v) is 4.85. The maximum Gasteiger partial charge on any atom is 0.329 e. The Morgan fingerprint density at radius 3 is 2.50 bits per heavy atom. The molecule has 5 nitrogen and oxygen atoms in total. The number of hydrazone groups is 1. The highest BCUT2D eigenvalue weighted by atomic mass is 16.2. The Balaban J connectivity index is 2.28. The van der Waals surface area contributed by atoms with E-state index in [9.17, 15) is 9.59 Å². The van der Waals surface area contributed by atoms with Gasteiger partial charge in [-0.05, 0) is 32.6 Å². The minimum Gasteiger partial charge on any atom is -0.345 e. The number of hydrogen-bond donors (Lipinski definition) is 2. The molecule has 0 spiro atoms. The van der Waals surface area contributed by atoms with Crippen LogP contribution in [0, 0.1) is 0 Å². The molecule has 0 bridgehead atoms. The predicted octanol–water partition coefficient (Wildman–Crippen LogP) is 1.73. The zero-order valence-corrected chi connectivity index (χ0v) is 11.3. The molecule has 0 atom stereocenters. The number of carbonyl (C=O) groups excluding carboxylic acids is 2. The van der Waals surface area contributed by atoms with Crippen molar-refractivity contribution >= 4 is 17.5 Å². The number of hydrogen-bond acceptors (Lipinski definition) is 3. The van der Waals surface area contributed by atoms with Crippen molar-refractivity contribution in [3.05, 3.63) is 0 Å². The second kappa shape index (κ2) is 7.84. The number of carbonyl (C=O) groups is 2. The van der Waals surface area contributed by atoms with E-state index in [-0.39, 0.29) is 6.04 Å². The molecule has 1 saturated carbocycles. The third kappa shape index (κ3) is 5.29. The number of amides is 2. The van der Waals surface area contributed by atoms with Gasteiger partial charge >= 0.3 is 11.8 Å². The minimum absolute atomic E-state index is 0.161. The van der Waals surface area contributed by atoms with Gasteiger partial charge in [0.05, 0.1) is 0 Å². The number of rotatable bonds is 5. The maximum atomic E-state index is 11.5. The average Bonchev–Trinajstić information content (AvgIpc) is 2.86. The highest BCUT2D eigenvalue weighted by Gasteiger charge is 2.20. The van der Waals surface area contributed by atoms with E-state index in [0.29, 0.717) is 0 Å². The highest BCUT2D eigenvalue weighted by molar-refractivity contribution is 6.35. The summed E-state index contributed by atoms with van der Waals surface area (Å²) in [5, 5.41) is 6.64.